The van der Waals surface area contributed by atoms with Crippen LogP contribution in [0.15, 0.2) is 0 Å². The van der Waals surface area contributed by atoms with Gasteiger partial charge in [0.05, 0.1) is 12.7 Å². The van der Waals surface area contributed by atoms with E-state index in [0.29, 0.717) is 18.5 Å². The maximum Gasteiger partial charge on any atom is 0.237 e. The number of carbonyl (C=O) groups is 1. The number of nitrogens with zero attached hydrogens (tertiary/aromatic N) is 2. The molecule has 0 saturated carbocycles. The number of rotatable bonds is 5. The number of piperidine rings is 1. The Hall–Kier alpha value is -0.610. The molecule has 2 aliphatic heterocycles. The summed E-state index contributed by atoms with van der Waals surface area (Å²) in [6.07, 6.45) is 5.29. The Morgan fingerprint density at radius 3 is 2.53 bits per heavy atom. The van der Waals surface area contributed by atoms with Crippen LogP contribution in [0.5, 0.6) is 0 Å². The molecule has 0 radical (unpaired) electrons. The highest BCUT2D eigenvalue weighted by Crippen LogP contribution is 2.18. The second-order valence-corrected chi connectivity index (χ2v) is 6.52. The van der Waals surface area contributed by atoms with Crippen molar-refractivity contribution in [2.75, 3.05) is 26.2 Å². The molecule has 0 aromatic carbocycles. The van der Waals surface area contributed by atoms with Gasteiger partial charge in [0, 0.05) is 12.6 Å². The first kappa shape index (κ1) is 14.8. The minimum absolute atomic E-state index is 0.250. The Labute approximate surface area is 117 Å². The van der Waals surface area contributed by atoms with Crippen LogP contribution in [0.1, 0.15) is 46.5 Å². The van der Waals surface area contributed by atoms with E-state index in [-0.39, 0.29) is 12.1 Å². The summed E-state index contributed by atoms with van der Waals surface area (Å²) in [4.78, 5) is 16.6. The monoisotopic (exact) mass is 267 g/mol. The summed E-state index contributed by atoms with van der Waals surface area (Å²) >= 11 is 0. The number of amides is 1. The average Bonchev–Trinajstić information content (AvgIpc) is 2.72. The second kappa shape index (κ2) is 6.71. The third-order valence-corrected chi connectivity index (χ3v) is 4.36. The first-order valence-corrected chi connectivity index (χ1v) is 7.85. The van der Waals surface area contributed by atoms with Gasteiger partial charge in [-0.1, -0.05) is 20.3 Å². The maximum atomic E-state index is 12.0. The van der Waals surface area contributed by atoms with Crippen molar-refractivity contribution in [3.8, 4) is 0 Å². The summed E-state index contributed by atoms with van der Waals surface area (Å²) in [5.74, 6) is 0.894. The van der Waals surface area contributed by atoms with Gasteiger partial charge >= 0.3 is 0 Å². The molecule has 19 heavy (non-hydrogen) atoms. The van der Waals surface area contributed by atoms with E-state index in [2.05, 4.69) is 35.9 Å². The highest BCUT2D eigenvalue weighted by molar-refractivity contribution is 5.80. The molecule has 0 spiro atoms. The van der Waals surface area contributed by atoms with Gasteiger partial charge in [0.25, 0.3) is 0 Å². The van der Waals surface area contributed by atoms with Gasteiger partial charge in [-0.25, -0.2) is 0 Å². The Bertz CT molecular complexity index is 300. The van der Waals surface area contributed by atoms with Gasteiger partial charge in [0.1, 0.15) is 0 Å². The van der Waals surface area contributed by atoms with E-state index in [0.717, 1.165) is 13.0 Å². The number of hydrogen-bond donors (Lipinski definition) is 1. The molecule has 2 aliphatic rings. The molecule has 0 aromatic heterocycles. The molecule has 1 amide bonds. The van der Waals surface area contributed by atoms with Crippen molar-refractivity contribution in [1.29, 1.82) is 0 Å². The molecule has 2 unspecified atom stereocenters. The predicted molar refractivity (Wildman–Crippen MR) is 77.8 cm³/mol. The van der Waals surface area contributed by atoms with Crippen LogP contribution in [0.25, 0.3) is 0 Å². The molecule has 2 saturated heterocycles. The van der Waals surface area contributed by atoms with Crippen molar-refractivity contribution in [2.45, 2.75) is 58.7 Å². The molecule has 1 N–H and O–H groups in total. The number of likely N-dealkylation sites (tertiary alicyclic amines) is 1. The standard InChI is InChI=1S/C15H29N3O/c1-12(2)9-14-16-10-15(19)18(14)11-13(3)17-7-5-4-6-8-17/h12-14,16H,4-11H2,1-3H3. The van der Waals surface area contributed by atoms with Crippen molar-refractivity contribution in [2.24, 2.45) is 5.92 Å². The molecule has 4 heteroatoms. The maximum absolute atomic E-state index is 12.0. The largest absolute Gasteiger partial charge is 0.324 e. The molecular weight excluding hydrogens is 238 g/mol. The Balaban J connectivity index is 1.89. The zero-order chi connectivity index (χ0) is 13.8. The molecule has 0 aromatic rings. The van der Waals surface area contributed by atoms with Crippen LogP contribution in [-0.4, -0.2) is 54.1 Å². The van der Waals surface area contributed by atoms with Crippen molar-refractivity contribution >= 4 is 5.91 Å². The zero-order valence-corrected chi connectivity index (χ0v) is 12.7. The van der Waals surface area contributed by atoms with E-state index in [4.69, 9.17) is 0 Å². The molecule has 0 aliphatic carbocycles. The quantitative estimate of drug-likeness (QED) is 0.823. The fourth-order valence-corrected chi connectivity index (χ4v) is 3.24. The lowest BCUT2D eigenvalue weighted by molar-refractivity contribution is -0.129. The topological polar surface area (TPSA) is 35.6 Å². The van der Waals surface area contributed by atoms with Crippen LogP contribution in [0, 0.1) is 5.92 Å². The first-order chi connectivity index (χ1) is 9.08. The van der Waals surface area contributed by atoms with E-state index in [1.54, 1.807) is 0 Å². The molecule has 2 heterocycles. The lowest BCUT2D eigenvalue weighted by atomic mass is 10.1. The summed E-state index contributed by atoms with van der Waals surface area (Å²) in [6, 6.07) is 0.485. The average molecular weight is 267 g/mol. The van der Waals surface area contributed by atoms with Gasteiger partial charge in [-0.15, -0.1) is 0 Å². The van der Waals surface area contributed by atoms with Crippen molar-refractivity contribution in [3.05, 3.63) is 0 Å². The van der Waals surface area contributed by atoms with Gasteiger partial charge in [-0.3, -0.25) is 15.0 Å². The number of nitrogens with one attached hydrogen (secondary N) is 1. The predicted octanol–water partition coefficient (Wildman–Crippen LogP) is 1.66. The van der Waals surface area contributed by atoms with Gasteiger partial charge < -0.3 is 4.90 Å². The third kappa shape index (κ3) is 3.93. The summed E-state index contributed by atoms with van der Waals surface area (Å²) < 4.78 is 0. The van der Waals surface area contributed by atoms with Crippen LogP contribution in [0.4, 0.5) is 0 Å². The molecule has 2 rings (SSSR count). The van der Waals surface area contributed by atoms with E-state index in [1.807, 2.05) is 0 Å². The molecular formula is C15H29N3O. The van der Waals surface area contributed by atoms with Gasteiger partial charge in [0.2, 0.25) is 5.91 Å². The lowest BCUT2D eigenvalue weighted by Crippen LogP contribution is -2.48. The fraction of sp³-hybridized carbons (Fsp3) is 0.933. The Kier molecular flexibility index (Phi) is 5.22. The van der Waals surface area contributed by atoms with E-state index in [9.17, 15) is 4.79 Å². The number of carbonyl (C=O) groups excluding carboxylic acids is 1. The Morgan fingerprint density at radius 2 is 1.89 bits per heavy atom. The van der Waals surface area contributed by atoms with E-state index < -0.39 is 0 Å². The third-order valence-electron chi connectivity index (χ3n) is 4.36. The van der Waals surface area contributed by atoms with Gasteiger partial charge in [-0.05, 0) is 45.2 Å². The van der Waals surface area contributed by atoms with Crippen molar-refractivity contribution < 1.29 is 4.79 Å². The molecule has 4 nitrogen and oxygen atoms in total. The fourth-order valence-electron chi connectivity index (χ4n) is 3.24. The molecule has 0 bridgehead atoms. The smallest absolute Gasteiger partial charge is 0.237 e. The minimum atomic E-state index is 0.250. The van der Waals surface area contributed by atoms with E-state index >= 15 is 0 Å². The van der Waals surface area contributed by atoms with Crippen molar-refractivity contribution in [3.63, 3.8) is 0 Å². The number of hydrogen-bond acceptors (Lipinski definition) is 3. The SMILES string of the molecule is CC(C)CC1NCC(=O)N1CC(C)N1CCCCC1. The van der Waals surface area contributed by atoms with Gasteiger partial charge in [0.15, 0.2) is 0 Å². The zero-order valence-electron chi connectivity index (χ0n) is 12.7. The molecule has 2 fully saturated rings. The summed E-state index contributed by atoms with van der Waals surface area (Å²) in [6.45, 7) is 10.5. The van der Waals surface area contributed by atoms with Crippen LogP contribution in [0.2, 0.25) is 0 Å². The summed E-state index contributed by atoms with van der Waals surface area (Å²) in [7, 11) is 0. The molecule has 110 valence electrons. The minimum Gasteiger partial charge on any atom is -0.324 e. The van der Waals surface area contributed by atoms with Crippen LogP contribution in [-0.2, 0) is 4.79 Å². The first-order valence-electron chi connectivity index (χ1n) is 7.85. The molecule has 2 atom stereocenters. The lowest BCUT2D eigenvalue weighted by Gasteiger charge is -2.36. The summed E-state index contributed by atoms with van der Waals surface area (Å²) in [5, 5.41) is 3.35. The van der Waals surface area contributed by atoms with Crippen molar-refractivity contribution in [1.82, 2.24) is 15.1 Å². The second-order valence-electron chi connectivity index (χ2n) is 6.52. The highest BCUT2D eigenvalue weighted by Gasteiger charge is 2.32. The van der Waals surface area contributed by atoms with E-state index in [1.165, 1.54) is 32.4 Å². The summed E-state index contributed by atoms with van der Waals surface area (Å²) in [5.41, 5.74) is 0. The van der Waals surface area contributed by atoms with Crippen LogP contribution in [0.3, 0.4) is 0 Å². The normalized spacial score (nSPS) is 27.3. The highest BCUT2D eigenvalue weighted by atomic mass is 16.2. The van der Waals surface area contributed by atoms with Gasteiger partial charge in [-0.2, -0.15) is 0 Å². The Morgan fingerprint density at radius 1 is 1.21 bits per heavy atom. The van der Waals surface area contributed by atoms with Crippen LogP contribution >= 0.6 is 0 Å². The van der Waals surface area contributed by atoms with Crippen LogP contribution < -0.4 is 5.32 Å².